The molecule has 2 N–H and O–H groups in total. The normalized spacial score (nSPS) is 11.2. The van der Waals surface area contributed by atoms with Crippen LogP contribution in [0.4, 0.5) is 14.5 Å². The highest BCUT2D eigenvalue weighted by Crippen LogP contribution is 2.23. The zero-order valence-corrected chi connectivity index (χ0v) is 14.3. The largest absolute Gasteiger partial charge is 0.319 e. The van der Waals surface area contributed by atoms with Crippen LogP contribution in [0.3, 0.4) is 0 Å². The van der Waals surface area contributed by atoms with Gasteiger partial charge in [0.25, 0.3) is 5.91 Å². The summed E-state index contributed by atoms with van der Waals surface area (Å²) in [6.07, 6.45) is 1.29. The van der Waals surface area contributed by atoms with E-state index in [1.54, 1.807) is 0 Å². The van der Waals surface area contributed by atoms with Gasteiger partial charge < -0.3 is 5.32 Å². The summed E-state index contributed by atoms with van der Waals surface area (Å²) in [4.78, 5) is 11.5. The van der Waals surface area contributed by atoms with E-state index in [1.165, 1.54) is 24.3 Å². The third-order valence-electron chi connectivity index (χ3n) is 3.10. The first kappa shape index (κ1) is 19.0. The van der Waals surface area contributed by atoms with Crippen molar-refractivity contribution in [3.8, 4) is 0 Å². The molecule has 0 atom stereocenters. The van der Waals surface area contributed by atoms with E-state index < -0.39 is 32.5 Å². The Labute approximate surface area is 148 Å². The Hall–Kier alpha value is -2.29. The molecular formula is C16H13ClF2N2O3S. The van der Waals surface area contributed by atoms with Crippen LogP contribution in [0.25, 0.3) is 0 Å². The first-order chi connectivity index (χ1) is 11.8. The number of sulfonamides is 1. The standard InChI is InChI=1S/C16H13ClF2N2O3S/c1-2-8-20-25(23,24)14-9-10(6-7-12(14)18)16(22)21-13-5-3-4-11(17)15(13)19/h2-7,9,20H,1,8H2,(H,21,22). The fourth-order valence-corrected chi connectivity index (χ4v) is 3.17. The van der Waals surface area contributed by atoms with E-state index in [0.29, 0.717) is 0 Å². The Bertz CT molecular complexity index is 933. The molecule has 0 aromatic heterocycles. The van der Waals surface area contributed by atoms with Gasteiger partial charge in [-0.05, 0) is 30.3 Å². The minimum absolute atomic E-state index is 0.105. The molecule has 1 amide bonds. The maximum absolute atomic E-state index is 13.8. The van der Waals surface area contributed by atoms with Crippen LogP contribution in [0, 0.1) is 11.6 Å². The Balaban J connectivity index is 2.34. The van der Waals surface area contributed by atoms with Crippen LogP contribution in [0.15, 0.2) is 53.9 Å². The molecule has 5 nitrogen and oxygen atoms in total. The maximum atomic E-state index is 13.8. The highest BCUT2D eigenvalue weighted by molar-refractivity contribution is 7.89. The van der Waals surface area contributed by atoms with Crippen molar-refractivity contribution >= 4 is 33.2 Å². The summed E-state index contributed by atoms with van der Waals surface area (Å²) in [5.41, 5.74) is -0.351. The predicted octanol–water partition coefficient (Wildman–Crippen LogP) is 3.33. The van der Waals surface area contributed by atoms with E-state index in [1.807, 2.05) is 0 Å². The van der Waals surface area contributed by atoms with Crippen molar-refractivity contribution in [1.29, 1.82) is 0 Å². The monoisotopic (exact) mass is 386 g/mol. The van der Waals surface area contributed by atoms with Crippen molar-refractivity contribution < 1.29 is 22.0 Å². The molecule has 132 valence electrons. The molecule has 0 radical (unpaired) electrons. The van der Waals surface area contributed by atoms with Crippen molar-refractivity contribution in [1.82, 2.24) is 4.72 Å². The second-order valence-corrected chi connectivity index (χ2v) is 6.98. The average molecular weight is 387 g/mol. The number of amides is 1. The SMILES string of the molecule is C=CCNS(=O)(=O)c1cc(C(=O)Nc2cccc(Cl)c2F)ccc1F. The maximum Gasteiger partial charge on any atom is 0.255 e. The first-order valence-electron chi connectivity index (χ1n) is 6.91. The van der Waals surface area contributed by atoms with Crippen molar-refractivity contribution in [2.24, 2.45) is 0 Å². The van der Waals surface area contributed by atoms with Gasteiger partial charge >= 0.3 is 0 Å². The fourth-order valence-electron chi connectivity index (χ4n) is 1.89. The van der Waals surface area contributed by atoms with Crippen LogP contribution in [0.1, 0.15) is 10.4 Å². The molecule has 0 bridgehead atoms. The van der Waals surface area contributed by atoms with Crippen LogP contribution < -0.4 is 10.0 Å². The minimum atomic E-state index is -4.17. The summed E-state index contributed by atoms with van der Waals surface area (Å²) >= 11 is 5.63. The minimum Gasteiger partial charge on any atom is -0.319 e. The van der Waals surface area contributed by atoms with Gasteiger partial charge in [0.2, 0.25) is 10.0 Å². The summed E-state index contributed by atoms with van der Waals surface area (Å²) in [5, 5.41) is 2.07. The number of benzene rings is 2. The zero-order valence-electron chi connectivity index (χ0n) is 12.7. The smallest absolute Gasteiger partial charge is 0.255 e. The molecule has 0 unspecified atom stereocenters. The molecule has 0 saturated carbocycles. The number of hydrogen-bond acceptors (Lipinski definition) is 3. The lowest BCUT2D eigenvalue weighted by Gasteiger charge is -2.10. The fraction of sp³-hybridized carbons (Fsp3) is 0.0625. The molecule has 9 heteroatoms. The van der Waals surface area contributed by atoms with Gasteiger partial charge in [-0.3, -0.25) is 4.79 Å². The first-order valence-corrected chi connectivity index (χ1v) is 8.78. The van der Waals surface area contributed by atoms with Crippen LogP contribution in [0.5, 0.6) is 0 Å². The molecule has 0 heterocycles. The number of anilines is 1. The summed E-state index contributed by atoms with van der Waals surface area (Å²) in [6, 6.07) is 6.80. The van der Waals surface area contributed by atoms with Gasteiger partial charge in [0.15, 0.2) is 5.82 Å². The molecule has 0 aliphatic rings. The lowest BCUT2D eigenvalue weighted by Crippen LogP contribution is -2.25. The summed E-state index contributed by atoms with van der Waals surface area (Å²) in [6.45, 7) is 3.25. The van der Waals surface area contributed by atoms with Gasteiger partial charge in [0.1, 0.15) is 10.7 Å². The predicted molar refractivity (Wildman–Crippen MR) is 91.1 cm³/mol. The Morgan fingerprint density at radius 2 is 1.96 bits per heavy atom. The quantitative estimate of drug-likeness (QED) is 0.748. The van der Waals surface area contributed by atoms with Crippen LogP contribution in [0.2, 0.25) is 5.02 Å². The summed E-state index contributed by atoms with van der Waals surface area (Å²) < 4.78 is 53.8. The zero-order chi connectivity index (χ0) is 18.6. The van der Waals surface area contributed by atoms with Gasteiger partial charge in [0.05, 0.1) is 10.7 Å². The molecule has 2 rings (SSSR count). The topological polar surface area (TPSA) is 75.3 Å². The molecule has 0 saturated heterocycles. The number of hydrogen-bond donors (Lipinski definition) is 2. The lowest BCUT2D eigenvalue weighted by molar-refractivity contribution is 0.102. The number of nitrogens with one attached hydrogen (secondary N) is 2. The molecule has 0 fully saturated rings. The van der Waals surface area contributed by atoms with E-state index in [9.17, 15) is 22.0 Å². The molecular weight excluding hydrogens is 374 g/mol. The number of halogens is 3. The van der Waals surface area contributed by atoms with Gasteiger partial charge in [-0.1, -0.05) is 23.7 Å². The Kier molecular flexibility index (Phi) is 5.89. The third kappa shape index (κ3) is 4.41. The molecule has 25 heavy (non-hydrogen) atoms. The third-order valence-corrected chi connectivity index (χ3v) is 4.83. The van der Waals surface area contributed by atoms with E-state index in [2.05, 4.69) is 16.6 Å². The number of carbonyl (C=O) groups is 1. The van der Waals surface area contributed by atoms with E-state index in [4.69, 9.17) is 11.6 Å². The number of carbonyl (C=O) groups excluding carboxylic acids is 1. The van der Waals surface area contributed by atoms with Crippen LogP contribution in [-0.2, 0) is 10.0 Å². The van der Waals surface area contributed by atoms with Gasteiger partial charge in [-0.25, -0.2) is 21.9 Å². The van der Waals surface area contributed by atoms with Gasteiger partial charge in [-0.2, -0.15) is 0 Å². The second-order valence-electron chi connectivity index (χ2n) is 4.84. The summed E-state index contributed by atoms with van der Waals surface area (Å²) in [7, 11) is -4.17. The molecule has 2 aromatic carbocycles. The van der Waals surface area contributed by atoms with Crippen molar-refractivity contribution in [2.45, 2.75) is 4.90 Å². The van der Waals surface area contributed by atoms with Gasteiger partial charge in [-0.15, -0.1) is 6.58 Å². The summed E-state index contributed by atoms with van der Waals surface area (Å²) in [5.74, 6) is -2.68. The Morgan fingerprint density at radius 3 is 2.64 bits per heavy atom. The number of rotatable bonds is 6. The molecule has 0 spiro atoms. The van der Waals surface area contributed by atoms with Crippen LogP contribution >= 0.6 is 11.6 Å². The van der Waals surface area contributed by atoms with Crippen LogP contribution in [-0.4, -0.2) is 20.9 Å². The molecule has 0 aliphatic carbocycles. The van der Waals surface area contributed by atoms with Crippen molar-refractivity contribution in [3.63, 3.8) is 0 Å². The molecule has 0 aliphatic heterocycles. The highest BCUT2D eigenvalue weighted by atomic mass is 35.5. The van der Waals surface area contributed by atoms with Crippen molar-refractivity contribution in [3.05, 3.63) is 71.3 Å². The molecule has 2 aromatic rings. The van der Waals surface area contributed by atoms with E-state index >= 15 is 0 Å². The lowest BCUT2D eigenvalue weighted by atomic mass is 10.2. The second kappa shape index (κ2) is 7.73. The van der Waals surface area contributed by atoms with E-state index in [0.717, 1.165) is 18.2 Å². The van der Waals surface area contributed by atoms with Gasteiger partial charge in [0, 0.05) is 12.1 Å². The average Bonchev–Trinajstić information content (AvgIpc) is 2.57. The Morgan fingerprint density at radius 1 is 1.24 bits per heavy atom. The van der Waals surface area contributed by atoms with E-state index in [-0.39, 0.29) is 22.8 Å². The highest BCUT2D eigenvalue weighted by Gasteiger charge is 2.21. The van der Waals surface area contributed by atoms with Crippen molar-refractivity contribution in [2.75, 3.05) is 11.9 Å².